The van der Waals surface area contributed by atoms with Crippen molar-refractivity contribution >= 4 is 11.6 Å². The maximum Gasteiger partial charge on any atom is 0.193 e. The molecule has 10 aromatic rings. The van der Waals surface area contributed by atoms with Crippen LogP contribution in [0.4, 0.5) is 0 Å². The lowest BCUT2D eigenvalue weighted by Crippen LogP contribution is -2.28. The number of ketones is 2. The molecule has 2 aliphatic carbocycles. The average Bonchev–Trinajstić information content (AvgIpc) is 4.09. The lowest BCUT2D eigenvalue weighted by atomic mass is 9.67. The van der Waals surface area contributed by atoms with Crippen LogP contribution < -0.4 is 0 Å². The highest BCUT2D eigenvalue weighted by Gasteiger charge is 2.45. The molecule has 0 N–H and O–H groups in total. The summed E-state index contributed by atoms with van der Waals surface area (Å²) in [5.74, 6) is -0.0753. The minimum atomic E-state index is -0.269. The van der Waals surface area contributed by atoms with Gasteiger partial charge in [0.25, 0.3) is 0 Å². The molecular formula is C78H76O2. The molecular weight excluding hydrogens is 969 g/mol. The molecule has 0 radical (unpaired) electrons. The van der Waals surface area contributed by atoms with Gasteiger partial charge >= 0.3 is 0 Å². The van der Waals surface area contributed by atoms with Crippen molar-refractivity contribution in [2.45, 2.75) is 105 Å². The number of carbonyl (C=O) groups is 2. The van der Waals surface area contributed by atoms with Crippen molar-refractivity contribution in [2.24, 2.45) is 0 Å². The molecule has 0 heterocycles. The second-order valence-corrected chi connectivity index (χ2v) is 24.3. The molecule has 10 aromatic carbocycles. The normalized spacial score (nSPS) is 13.1. The smallest absolute Gasteiger partial charge is 0.193 e. The minimum Gasteiger partial charge on any atom is -0.289 e. The van der Waals surface area contributed by atoms with E-state index < -0.39 is 0 Å². The second-order valence-electron chi connectivity index (χ2n) is 24.3. The van der Waals surface area contributed by atoms with E-state index >= 15 is 0 Å². The van der Waals surface area contributed by atoms with E-state index in [0.29, 0.717) is 22.3 Å². The molecule has 0 bridgehead atoms. The average molecular weight is 1050 g/mol. The fourth-order valence-corrected chi connectivity index (χ4v) is 11.3. The first kappa shape index (κ1) is 56.3. The van der Waals surface area contributed by atoms with Crippen molar-refractivity contribution in [3.63, 3.8) is 0 Å². The Balaban J connectivity index is 0.000000134. The van der Waals surface area contributed by atoms with Crippen LogP contribution >= 0.6 is 0 Å². The van der Waals surface area contributed by atoms with Crippen LogP contribution in [0, 0.1) is 27.7 Å². The van der Waals surface area contributed by atoms with Crippen LogP contribution in [0.5, 0.6) is 0 Å². The third-order valence-corrected chi connectivity index (χ3v) is 16.0. The molecule has 400 valence electrons. The molecule has 12 rings (SSSR count). The van der Waals surface area contributed by atoms with E-state index in [-0.39, 0.29) is 33.2 Å². The molecule has 0 aliphatic heterocycles. The van der Waals surface area contributed by atoms with Crippen molar-refractivity contribution in [3.8, 4) is 22.3 Å². The number of hydrogen-bond donors (Lipinski definition) is 0. The van der Waals surface area contributed by atoms with Gasteiger partial charge in [0.2, 0.25) is 0 Å². The fourth-order valence-electron chi connectivity index (χ4n) is 11.3. The summed E-state index contributed by atoms with van der Waals surface area (Å²) in [5.41, 5.74) is 24.3. The number of rotatable bonds is 6. The monoisotopic (exact) mass is 1040 g/mol. The van der Waals surface area contributed by atoms with Crippen molar-refractivity contribution < 1.29 is 9.59 Å². The number of benzene rings is 10. The summed E-state index contributed by atoms with van der Waals surface area (Å²) in [7, 11) is 0. The van der Waals surface area contributed by atoms with Gasteiger partial charge in [-0.3, -0.25) is 9.59 Å². The van der Waals surface area contributed by atoms with Crippen molar-refractivity contribution in [1.29, 1.82) is 0 Å². The third kappa shape index (κ3) is 11.6. The SMILES string of the molecule is CC(C)(C)c1cccc(C(C)(C)C)c1.CC1(C)c2ccccc2-c2ccccc21.Cc1ccc(C(=O)c2ccc(C(=O)c3ccc(C)cc3)cc2)cc1.Cc1ccc(C2(c3ccc(C)cc3)c3ccccc3-c3ccccc32)cc1. The van der Waals surface area contributed by atoms with Crippen LogP contribution in [-0.4, -0.2) is 11.6 Å². The summed E-state index contributed by atoms with van der Waals surface area (Å²) in [4.78, 5) is 24.9. The Bertz CT molecular complexity index is 3540. The number of carbonyl (C=O) groups excluding carboxylic acids is 2. The molecule has 0 amide bonds. The zero-order valence-electron chi connectivity index (χ0n) is 48.9. The van der Waals surface area contributed by atoms with E-state index in [1.807, 2.05) is 62.4 Å². The lowest BCUT2D eigenvalue weighted by Gasteiger charge is -2.34. The highest BCUT2D eigenvalue weighted by Crippen LogP contribution is 2.56. The minimum absolute atomic E-state index is 0.0377. The number of hydrogen-bond acceptors (Lipinski definition) is 2. The molecule has 0 aromatic heterocycles. The van der Waals surface area contributed by atoms with Gasteiger partial charge in [0.15, 0.2) is 11.6 Å². The van der Waals surface area contributed by atoms with Gasteiger partial charge in [0.1, 0.15) is 0 Å². The summed E-state index contributed by atoms with van der Waals surface area (Å²) in [6.07, 6.45) is 0. The predicted molar refractivity (Wildman–Crippen MR) is 337 cm³/mol. The zero-order valence-corrected chi connectivity index (χ0v) is 48.9. The summed E-state index contributed by atoms with van der Waals surface area (Å²) in [6, 6.07) is 84.1. The van der Waals surface area contributed by atoms with Gasteiger partial charge in [0, 0.05) is 27.7 Å². The summed E-state index contributed by atoms with van der Waals surface area (Å²) < 4.78 is 0. The largest absolute Gasteiger partial charge is 0.289 e. The molecule has 2 aliphatic rings. The Kier molecular flexibility index (Phi) is 16.2. The molecule has 0 atom stereocenters. The summed E-state index contributed by atoms with van der Waals surface area (Å²) in [6.45, 7) is 26.4. The molecule has 0 fully saturated rings. The van der Waals surface area contributed by atoms with Crippen molar-refractivity contribution in [3.05, 3.63) is 332 Å². The summed E-state index contributed by atoms with van der Waals surface area (Å²) in [5, 5.41) is 0. The van der Waals surface area contributed by atoms with Gasteiger partial charge in [-0.25, -0.2) is 0 Å². The van der Waals surface area contributed by atoms with Crippen LogP contribution in [0.2, 0.25) is 0 Å². The first-order chi connectivity index (χ1) is 38.2. The van der Waals surface area contributed by atoms with E-state index in [9.17, 15) is 9.59 Å². The van der Waals surface area contributed by atoms with E-state index in [4.69, 9.17) is 0 Å². The molecule has 0 spiro atoms. The van der Waals surface area contributed by atoms with Crippen molar-refractivity contribution in [2.75, 3.05) is 0 Å². The Hall–Kier alpha value is -8.46. The topological polar surface area (TPSA) is 34.1 Å². The van der Waals surface area contributed by atoms with Gasteiger partial charge in [-0.2, -0.15) is 0 Å². The molecule has 2 nitrogen and oxygen atoms in total. The van der Waals surface area contributed by atoms with Crippen LogP contribution in [0.25, 0.3) is 22.3 Å². The Labute approximate surface area is 477 Å². The maximum atomic E-state index is 12.5. The van der Waals surface area contributed by atoms with Gasteiger partial charge < -0.3 is 0 Å². The van der Waals surface area contributed by atoms with E-state index in [1.54, 1.807) is 24.3 Å². The summed E-state index contributed by atoms with van der Waals surface area (Å²) >= 11 is 0. The van der Waals surface area contributed by atoms with Gasteiger partial charge in [-0.1, -0.05) is 320 Å². The van der Waals surface area contributed by atoms with Gasteiger partial charge in [-0.05, 0) is 105 Å². The number of fused-ring (bicyclic) bond motifs is 6. The van der Waals surface area contributed by atoms with Crippen LogP contribution in [0.1, 0.15) is 154 Å². The van der Waals surface area contributed by atoms with Crippen LogP contribution in [0.3, 0.4) is 0 Å². The molecule has 0 unspecified atom stereocenters. The van der Waals surface area contributed by atoms with Crippen LogP contribution in [-0.2, 0) is 21.7 Å². The third-order valence-electron chi connectivity index (χ3n) is 16.0. The maximum absolute atomic E-state index is 12.5. The quantitative estimate of drug-likeness (QED) is 0.156. The molecule has 2 heteroatoms. The Morgan fingerprint density at radius 3 is 0.850 bits per heavy atom. The zero-order chi connectivity index (χ0) is 57.0. The highest BCUT2D eigenvalue weighted by molar-refractivity contribution is 6.11. The molecule has 0 saturated heterocycles. The number of aryl methyl sites for hydroxylation is 4. The Morgan fingerprint density at radius 2 is 0.550 bits per heavy atom. The predicted octanol–water partition coefficient (Wildman–Crippen LogP) is 19.7. The highest BCUT2D eigenvalue weighted by atomic mass is 16.1. The standard InChI is InChI=1S/C27H22.C22H18O2.C15H14.C14H22/c1-19-11-15-21(16-12-19)27(22-17-13-20(2)14-18-22)25-9-5-3-7-23(25)24-8-4-6-10-26(24)27;1-15-3-7-17(8-4-15)21(23)19-11-13-20(14-12-19)22(24)18-9-5-16(2)6-10-18;1-15(2)13-9-5-3-7-11(13)12-8-4-6-10-14(12)15;1-13(2,3)11-8-7-9-12(10-11)14(4,5)6/h3-18H,1-2H3;3-14H,1-2H3;3-10H,1-2H3;7-10H,1-6H3. The Morgan fingerprint density at radius 1 is 0.300 bits per heavy atom. The first-order valence-corrected chi connectivity index (χ1v) is 28.1. The van der Waals surface area contributed by atoms with Gasteiger partial charge in [-0.15, -0.1) is 0 Å². The van der Waals surface area contributed by atoms with Crippen molar-refractivity contribution in [1.82, 2.24) is 0 Å². The van der Waals surface area contributed by atoms with E-state index in [0.717, 1.165) is 11.1 Å². The van der Waals surface area contributed by atoms with E-state index in [2.05, 4.69) is 239 Å². The fraction of sp³-hybridized carbons (Fsp3) is 0.205. The molecule has 0 saturated carbocycles. The van der Waals surface area contributed by atoms with Gasteiger partial charge in [0.05, 0.1) is 5.41 Å². The second kappa shape index (κ2) is 23.1. The lowest BCUT2D eigenvalue weighted by molar-refractivity contribution is 0.102. The van der Waals surface area contributed by atoms with E-state index in [1.165, 1.54) is 77.9 Å². The first-order valence-electron chi connectivity index (χ1n) is 28.1. The molecule has 80 heavy (non-hydrogen) atoms. The van der Waals surface area contributed by atoms with Crippen LogP contribution in [0.15, 0.2) is 243 Å².